The van der Waals surface area contributed by atoms with Gasteiger partial charge < -0.3 is 15.1 Å². The Hall–Kier alpha value is -1.59. The summed E-state index contributed by atoms with van der Waals surface area (Å²) in [4.78, 5) is 29.5. The summed E-state index contributed by atoms with van der Waals surface area (Å²) in [5.41, 5.74) is 1.99. The minimum atomic E-state index is -0.0121. The second-order valence-electron chi connectivity index (χ2n) is 8.27. The van der Waals surface area contributed by atoms with Crippen molar-refractivity contribution in [1.29, 1.82) is 0 Å². The topological polar surface area (TPSA) is 52.7 Å². The first-order chi connectivity index (χ1) is 13.2. The van der Waals surface area contributed by atoms with Crippen LogP contribution in [0.25, 0.3) is 0 Å². The van der Waals surface area contributed by atoms with Crippen molar-refractivity contribution in [3.05, 3.63) is 35.4 Å². The van der Waals surface area contributed by atoms with E-state index in [1.807, 2.05) is 34.1 Å². The fraction of sp³-hybridized carbons (Fsp3) is 0.636. The van der Waals surface area contributed by atoms with Crippen molar-refractivity contribution in [1.82, 2.24) is 15.1 Å². The third-order valence-electron chi connectivity index (χ3n) is 6.65. The van der Waals surface area contributed by atoms with Gasteiger partial charge in [-0.25, -0.2) is 0 Å². The van der Waals surface area contributed by atoms with Crippen LogP contribution < -0.4 is 5.32 Å². The van der Waals surface area contributed by atoms with Gasteiger partial charge in [0.1, 0.15) is 0 Å². The van der Waals surface area contributed by atoms with E-state index in [1.165, 1.54) is 31.2 Å². The van der Waals surface area contributed by atoms with Gasteiger partial charge in [0, 0.05) is 37.8 Å². The summed E-state index contributed by atoms with van der Waals surface area (Å²) < 4.78 is 0. The van der Waals surface area contributed by atoms with Crippen LogP contribution in [0.5, 0.6) is 0 Å². The maximum Gasteiger partial charge on any atom is 0.253 e. The van der Waals surface area contributed by atoms with E-state index < -0.39 is 0 Å². The Kier molecular flexibility index (Phi) is 7.00. The van der Waals surface area contributed by atoms with Crippen LogP contribution in [0, 0.1) is 5.92 Å². The van der Waals surface area contributed by atoms with Crippen LogP contribution in [0.2, 0.25) is 0 Å². The van der Waals surface area contributed by atoms with E-state index in [2.05, 4.69) is 12.2 Å². The molecule has 1 saturated carbocycles. The van der Waals surface area contributed by atoms with Gasteiger partial charge in [-0.05, 0) is 49.3 Å². The second-order valence-corrected chi connectivity index (χ2v) is 8.27. The Morgan fingerprint density at radius 2 is 1.64 bits per heavy atom. The Balaban J connectivity index is 0.00000225. The quantitative estimate of drug-likeness (QED) is 0.841. The molecule has 2 heterocycles. The number of hydrogen-bond donors (Lipinski definition) is 1. The Morgan fingerprint density at radius 3 is 2.29 bits per heavy atom. The number of halogens is 1. The van der Waals surface area contributed by atoms with Crippen LogP contribution in [-0.4, -0.2) is 59.9 Å². The van der Waals surface area contributed by atoms with Gasteiger partial charge in [-0.3, -0.25) is 9.59 Å². The molecule has 0 aromatic heterocycles. The summed E-state index contributed by atoms with van der Waals surface area (Å²) in [7, 11) is 0. The lowest BCUT2D eigenvalue weighted by atomic mass is 9.85. The smallest absolute Gasteiger partial charge is 0.253 e. The van der Waals surface area contributed by atoms with Crippen LogP contribution in [0.1, 0.15) is 54.9 Å². The van der Waals surface area contributed by atoms with Gasteiger partial charge in [-0.15, -0.1) is 12.4 Å². The molecule has 2 saturated heterocycles. The molecule has 2 aliphatic heterocycles. The van der Waals surface area contributed by atoms with E-state index in [0.29, 0.717) is 38.1 Å². The normalized spacial score (nSPS) is 27.1. The van der Waals surface area contributed by atoms with Crippen molar-refractivity contribution in [2.24, 2.45) is 5.92 Å². The maximum absolute atomic E-state index is 12.9. The van der Waals surface area contributed by atoms with Crippen LogP contribution in [0.4, 0.5) is 0 Å². The molecule has 3 unspecified atom stereocenters. The molecule has 1 aromatic carbocycles. The average molecular weight is 406 g/mol. The number of piperazine rings is 1. The molecule has 6 heteroatoms. The molecule has 0 spiro atoms. The first-order valence-corrected chi connectivity index (χ1v) is 10.6. The molecule has 0 bridgehead atoms. The second kappa shape index (κ2) is 9.27. The largest absolute Gasteiger partial charge is 0.338 e. The number of fused-ring (bicyclic) bond motifs is 1. The molecule has 1 aromatic rings. The predicted octanol–water partition coefficient (Wildman–Crippen LogP) is 2.88. The van der Waals surface area contributed by atoms with Gasteiger partial charge in [-0.1, -0.05) is 31.9 Å². The molecule has 2 amide bonds. The number of carbonyl (C=O) groups excluding carboxylic acids is 2. The molecule has 3 aliphatic rings. The van der Waals surface area contributed by atoms with Gasteiger partial charge >= 0.3 is 0 Å². The highest BCUT2D eigenvalue weighted by Gasteiger charge is 2.40. The summed E-state index contributed by atoms with van der Waals surface area (Å²) in [6.45, 7) is 4.65. The highest BCUT2D eigenvalue weighted by atomic mass is 35.5. The highest BCUT2D eigenvalue weighted by molar-refractivity contribution is 5.94. The van der Waals surface area contributed by atoms with Gasteiger partial charge in [-0.2, -0.15) is 0 Å². The fourth-order valence-corrected chi connectivity index (χ4v) is 4.93. The van der Waals surface area contributed by atoms with Crippen molar-refractivity contribution in [3.8, 4) is 0 Å². The molecule has 5 nitrogen and oxygen atoms in total. The van der Waals surface area contributed by atoms with E-state index in [1.54, 1.807) is 0 Å². The van der Waals surface area contributed by atoms with Crippen LogP contribution >= 0.6 is 12.4 Å². The van der Waals surface area contributed by atoms with Crippen molar-refractivity contribution in [2.45, 2.75) is 57.5 Å². The number of amides is 2. The monoisotopic (exact) mass is 405 g/mol. The average Bonchev–Trinajstić information content (AvgIpc) is 3.17. The number of benzene rings is 1. The summed E-state index contributed by atoms with van der Waals surface area (Å²) in [6.07, 6.45) is 7.05. The summed E-state index contributed by atoms with van der Waals surface area (Å²) in [5.74, 6) is 1.00. The van der Waals surface area contributed by atoms with E-state index >= 15 is 0 Å². The molecule has 0 radical (unpaired) electrons. The SMILES string of the molecule is CCc1ccc(C(=O)N2CCN(C(=O)C3CC4CCCCC4N3)CC2)cc1.Cl. The molecule has 4 rings (SSSR count). The molecule has 3 fully saturated rings. The zero-order valence-corrected chi connectivity index (χ0v) is 17.5. The minimum absolute atomic E-state index is 0. The van der Waals surface area contributed by atoms with E-state index in [0.717, 1.165) is 18.4 Å². The fourth-order valence-electron chi connectivity index (χ4n) is 4.93. The molecular weight excluding hydrogens is 374 g/mol. The molecule has 1 N–H and O–H groups in total. The highest BCUT2D eigenvalue weighted by Crippen LogP contribution is 2.33. The predicted molar refractivity (Wildman–Crippen MR) is 113 cm³/mol. The van der Waals surface area contributed by atoms with Gasteiger partial charge in [0.2, 0.25) is 5.91 Å². The third kappa shape index (κ3) is 4.36. The third-order valence-corrected chi connectivity index (χ3v) is 6.65. The van der Waals surface area contributed by atoms with Crippen molar-refractivity contribution in [3.63, 3.8) is 0 Å². The number of rotatable bonds is 3. The Morgan fingerprint density at radius 1 is 1.00 bits per heavy atom. The maximum atomic E-state index is 12.9. The van der Waals surface area contributed by atoms with E-state index in [4.69, 9.17) is 0 Å². The lowest BCUT2D eigenvalue weighted by Crippen LogP contribution is -2.54. The van der Waals surface area contributed by atoms with E-state index in [9.17, 15) is 9.59 Å². The number of nitrogens with one attached hydrogen (secondary N) is 1. The molecular formula is C22H32ClN3O2. The summed E-state index contributed by atoms with van der Waals surface area (Å²) >= 11 is 0. The lowest BCUT2D eigenvalue weighted by molar-refractivity contribution is -0.134. The number of carbonyl (C=O) groups is 2. The zero-order chi connectivity index (χ0) is 18.8. The van der Waals surface area contributed by atoms with Crippen LogP contribution in [0.3, 0.4) is 0 Å². The van der Waals surface area contributed by atoms with Gasteiger partial charge in [0.15, 0.2) is 0 Å². The summed E-state index contributed by atoms with van der Waals surface area (Å²) in [5, 5.41) is 3.59. The first-order valence-electron chi connectivity index (χ1n) is 10.6. The van der Waals surface area contributed by atoms with Crippen molar-refractivity contribution < 1.29 is 9.59 Å². The summed E-state index contributed by atoms with van der Waals surface area (Å²) in [6, 6.07) is 8.42. The Labute approximate surface area is 174 Å². The standard InChI is InChI=1S/C22H31N3O2.ClH/c1-2-16-7-9-17(10-8-16)21(26)24-11-13-25(14-12-24)22(27)20-15-18-5-3-4-6-19(18)23-20;/h7-10,18-20,23H,2-6,11-15H2,1H3;1H. The Bertz CT molecular complexity index is 672. The minimum Gasteiger partial charge on any atom is -0.338 e. The van der Waals surface area contributed by atoms with Crippen molar-refractivity contribution in [2.75, 3.05) is 26.2 Å². The van der Waals surface area contributed by atoms with Gasteiger partial charge in [0.25, 0.3) is 5.91 Å². The molecule has 154 valence electrons. The van der Waals surface area contributed by atoms with Crippen LogP contribution in [0.15, 0.2) is 24.3 Å². The lowest BCUT2D eigenvalue weighted by Gasteiger charge is -2.36. The van der Waals surface area contributed by atoms with Crippen molar-refractivity contribution >= 4 is 24.2 Å². The van der Waals surface area contributed by atoms with E-state index in [-0.39, 0.29) is 30.3 Å². The first kappa shape index (κ1) is 21.1. The molecule has 3 atom stereocenters. The number of aryl methyl sites for hydroxylation is 1. The molecule has 28 heavy (non-hydrogen) atoms. The van der Waals surface area contributed by atoms with Gasteiger partial charge in [0.05, 0.1) is 6.04 Å². The number of nitrogens with zero attached hydrogens (tertiary/aromatic N) is 2. The van der Waals surface area contributed by atoms with Crippen LogP contribution in [-0.2, 0) is 11.2 Å². The number of hydrogen-bond acceptors (Lipinski definition) is 3. The molecule has 1 aliphatic carbocycles. The zero-order valence-electron chi connectivity index (χ0n) is 16.7.